The summed E-state index contributed by atoms with van der Waals surface area (Å²) in [5.41, 5.74) is 8.64. The standard InChI is InChI=1S/C22H34BrClN2O2/c1-2-22(10-6-5-7-11-22)26-16-18-14-17(15-19(23)20(18)25)21(27)28-13-9-4-3-8-12-24/h14-15,26H,2-13,16,25H2,1H3. The molecule has 158 valence electrons. The lowest BCUT2D eigenvalue weighted by Crippen LogP contribution is -2.45. The van der Waals surface area contributed by atoms with Crippen LogP contribution in [0.2, 0.25) is 0 Å². The van der Waals surface area contributed by atoms with E-state index in [1.807, 2.05) is 6.07 Å². The summed E-state index contributed by atoms with van der Waals surface area (Å²) in [5, 5.41) is 3.74. The molecule has 1 fully saturated rings. The topological polar surface area (TPSA) is 64.3 Å². The number of hydrogen-bond donors (Lipinski definition) is 2. The van der Waals surface area contributed by atoms with E-state index >= 15 is 0 Å². The second kappa shape index (κ2) is 12.0. The van der Waals surface area contributed by atoms with E-state index in [4.69, 9.17) is 22.1 Å². The molecule has 0 aliphatic heterocycles. The molecule has 1 aliphatic rings. The van der Waals surface area contributed by atoms with Crippen LogP contribution in [0.1, 0.15) is 87.1 Å². The van der Waals surface area contributed by atoms with Crippen LogP contribution in [-0.2, 0) is 11.3 Å². The van der Waals surface area contributed by atoms with Gasteiger partial charge in [-0.3, -0.25) is 0 Å². The zero-order chi connectivity index (χ0) is 20.4. The molecular weight excluding hydrogens is 440 g/mol. The minimum absolute atomic E-state index is 0.191. The summed E-state index contributed by atoms with van der Waals surface area (Å²) in [5.74, 6) is 0.400. The largest absolute Gasteiger partial charge is 0.462 e. The fourth-order valence-corrected chi connectivity index (χ4v) is 4.59. The SMILES string of the molecule is CCC1(NCc2cc(C(=O)OCCCCCCCl)cc(Br)c2N)CCCCC1. The number of alkyl halides is 1. The van der Waals surface area contributed by atoms with Gasteiger partial charge in [-0.25, -0.2) is 4.79 Å². The van der Waals surface area contributed by atoms with Crippen molar-refractivity contribution in [2.45, 2.75) is 83.2 Å². The van der Waals surface area contributed by atoms with Gasteiger partial charge in [0.1, 0.15) is 0 Å². The van der Waals surface area contributed by atoms with E-state index in [0.717, 1.165) is 42.1 Å². The van der Waals surface area contributed by atoms with Crippen LogP contribution in [0.15, 0.2) is 16.6 Å². The zero-order valence-corrected chi connectivity index (χ0v) is 19.3. The van der Waals surface area contributed by atoms with Crippen LogP contribution in [0.3, 0.4) is 0 Å². The van der Waals surface area contributed by atoms with Crippen LogP contribution in [0.5, 0.6) is 0 Å². The minimum Gasteiger partial charge on any atom is -0.462 e. The summed E-state index contributed by atoms with van der Waals surface area (Å²) in [6, 6.07) is 3.62. The summed E-state index contributed by atoms with van der Waals surface area (Å²) in [6.07, 6.45) is 11.4. The Bertz CT molecular complexity index is 633. The van der Waals surface area contributed by atoms with Crippen molar-refractivity contribution >= 4 is 39.2 Å². The first-order valence-electron chi connectivity index (χ1n) is 10.6. The first-order chi connectivity index (χ1) is 13.5. The van der Waals surface area contributed by atoms with Gasteiger partial charge >= 0.3 is 5.97 Å². The predicted molar refractivity (Wildman–Crippen MR) is 121 cm³/mol. The van der Waals surface area contributed by atoms with Gasteiger partial charge in [0.15, 0.2) is 0 Å². The lowest BCUT2D eigenvalue weighted by atomic mass is 9.79. The summed E-state index contributed by atoms with van der Waals surface area (Å²) in [4.78, 5) is 12.4. The molecule has 2 rings (SSSR count). The highest BCUT2D eigenvalue weighted by Crippen LogP contribution is 2.32. The van der Waals surface area contributed by atoms with Crippen LogP contribution in [0, 0.1) is 0 Å². The maximum atomic E-state index is 12.4. The molecule has 1 saturated carbocycles. The second-order valence-corrected chi connectivity index (χ2v) is 9.05. The minimum atomic E-state index is -0.290. The molecule has 3 N–H and O–H groups in total. The number of unbranched alkanes of at least 4 members (excludes halogenated alkanes) is 3. The van der Waals surface area contributed by atoms with Crippen molar-refractivity contribution in [3.63, 3.8) is 0 Å². The number of hydrogen-bond acceptors (Lipinski definition) is 4. The summed E-state index contributed by atoms with van der Waals surface area (Å²) in [7, 11) is 0. The summed E-state index contributed by atoms with van der Waals surface area (Å²) in [6.45, 7) is 3.35. The monoisotopic (exact) mass is 472 g/mol. The van der Waals surface area contributed by atoms with Gasteiger partial charge in [0.25, 0.3) is 0 Å². The number of carbonyl (C=O) groups excluding carboxylic acids is 1. The molecule has 4 nitrogen and oxygen atoms in total. The lowest BCUT2D eigenvalue weighted by Gasteiger charge is -2.38. The molecule has 1 aromatic carbocycles. The van der Waals surface area contributed by atoms with Crippen LogP contribution < -0.4 is 11.1 Å². The smallest absolute Gasteiger partial charge is 0.338 e. The predicted octanol–water partition coefficient (Wildman–Crippen LogP) is 6.19. The van der Waals surface area contributed by atoms with Gasteiger partial charge in [-0.2, -0.15) is 0 Å². The Morgan fingerprint density at radius 1 is 1.21 bits per heavy atom. The average Bonchev–Trinajstić information content (AvgIpc) is 2.72. The number of anilines is 1. The molecule has 0 radical (unpaired) electrons. The third-order valence-electron chi connectivity index (χ3n) is 5.85. The van der Waals surface area contributed by atoms with Gasteiger partial charge in [-0.05, 0) is 65.7 Å². The van der Waals surface area contributed by atoms with Crippen molar-refractivity contribution in [2.75, 3.05) is 18.2 Å². The Hall–Kier alpha value is -0.780. The van der Waals surface area contributed by atoms with Crippen molar-refractivity contribution in [2.24, 2.45) is 0 Å². The first kappa shape index (κ1) is 23.5. The molecule has 0 atom stereocenters. The van der Waals surface area contributed by atoms with Crippen LogP contribution >= 0.6 is 27.5 Å². The van der Waals surface area contributed by atoms with E-state index in [-0.39, 0.29) is 11.5 Å². The van der Waals surface area contributed by atoms with Crippen molar-refractivity contribution in [1.29, 1.82) is 0 Å². The Kier molecular flexibility index (Phi) is 10.1. The molecule has 1 aromatic rings. The second-order valence-electron chi connectivity index (χ2n) is 7.82. The normalized spacial score (nSPS) is 16.1. The molecule has 0 spiro atoms. The Morgan fingerprint density at radius 2 is 1.93 bits per heavy atom. The lowest BCUT2D eigenvalue weighted by molar-refractivity contribution is 0.0497. The van der Waals surface area contributed by atoms with Crippen molar-refractivity contribution < 1.29 is 9.53 Å². The molecule has 0 amide bonds. The van der Waals surface area contributed by atoms with Crippen molar-refractivity contribution in [3.05, 3.63) is 27.7 Å². The van der Waals surface area contributed by atoms with E-state index < -0.39 is 0 Å². The Labute approximate surface area is 183 Å². The van der Waals surface area contributed by atoms with Crippen molar-refractivity contribution in [3.8, 4) is 0 Å². The van der Waals surface area contributed by atoms with Gasteiger partial charge < -0.3 is 15.8 Å². The van der Waals surface area contributed by atoms with Gasteiger partial charge in [0.2, 0.25) is 0 Å². The van der Waals surface area contributed by atoms with Gasteiger partial charge in [0.05, 0.1) is 17.9 Å². The third-order valence-corrected chi connectivity index (χ3v) is 6.78. The number of halogens is 2. The van der Waals surface area contributed by atoms with Gasteiger partial charge in [0, 0.05) is 22.4 Å². The number of nitrogens with two attached hydrogens (primary N) is 1. The highest BCUT2D eigenvalue weighted by molar-refractivity contribution is 9.10. The highest BCUT2D eigenvalue weighted by Gasteiger charge is 2.29. The first-order valence-corrected chi connectivity index (χ1v) is 11.9. The van der Waals surface area contributed by atoms with E-state index in [0.29, 0.717) is 30.3 Å². The van der Waals surface area contributed by atoms with Crippen LogP contribution in [0.25, 0.3) is 0 Å². The van der Waals surface area contributed by atoms with E-state index in [2.05, 4.69) is 28.2 Å². The molecule has 1 aliphatic carbocycles. The van der Waals surface area contributed by atoms with E-state index in [9.17, 15) is 4.79 Å². The maximum absolute atomic E-state index is 12.4. The highest BCUT2D eigenvalue weighted by atomic mass is 79.9. The maximum Gasteiger partial charge on any atom is 0.338 e. The van der Waals surface area contributed by atoms with Gasteiger partial charge in [-0.15, -0.1) is 11.6 Å². The van der Waals surface area contributed by atoms with Crippen LogP contribution in [0.4, 0.5) is 5.69 Å². The number of rotatable bonds is 11. The molecule has 0 unspecified atom stereocenters. The number of nitrogens with one attached hydrogen (secondary N) is 1. The number of esters is 1. The number of carbonyl (C=O) groups is 1. The fraction of sp³-hybridized carbons (Fsp3) is 0.682. The van der Waals surface area contributed by atoms with E-state index in [1.54, 1.807) is 6.07 Å². The average molecular weight is 474 g/mol. The summed E-state index contributed by atoms with van der Waals surface area (Å²) >= 11 is 9.17. The molecule has 0 aromatic heterocycles. The molecule has 28 heavy (non-hydrogen) atoms. The van der Waals surface area contributed by atoms with Crippen molar-refractivity contribution in [1.82, 2.24) is 5.32 Å². The number of nitrogen functional groups attached to an aromatic ring is 1. The van der Waals surface area contributed by atoms with Crippen LogP contribution in [-0.4, -0.2) is 24.0 Å². The number of ether oxygens (including phenoxy) is 1. The molecule has 6 heteroatoms. The zero-order valence-electron chi connectivity index (χ0n) is 17.0. The third kappa shape index (κ3) is 6.93. The molecular formula is C22H34BrClN2O2. The number of benzene rings is 1. The van der Waals surface area contributed by atoms with E-state index in [1.165, 1.54) is 32.1 Å². The Morgan fingerprint density at radius 3 is 2.61 bits per heavy atom. The van der Waals surface area contributed by atoms with Gasteiger partial charge in [-0.1, -0.05) is 39.0 Å². The Balaban J connectivity index is 1.96. The molecule has 0 saturated heterocycles. The molecule has 0 heterocycles. The summed E-state index contributed by atoms with van der Waals surface area (Å²) < 4.78 is 6.19. The fourth-order valence-electron chi connectivity index (χ4n) is 3.90. The quantitative estimate of drug-likeness (QED) is 0.174. The molecule has 0 bridgehead atoms.